The number of carbonyl (C=O) groups is 4. The molecule has 0 fully saturated rings. The van der Waals surface area contributed by atoms with Crippen molar-refractivity contribution in [3.8, 4) is 0 Å². The Bertz CT molecular complexity index is 956. The van der Waals surface area contributed by atoms with Crippen molar-refractivity contribution in [3.63, 3.8) is 0 Å². The van der Waals surface area contributed by atoms with Crippen LogP contribution < -0.4 is 22.9 Å². The highest BCUT2D eigenvalue weighted by Gasteiger charge is 2.13. The van der Waals surface area contributed by atoms with Gasteiger partial charge in [-0.25, -0.2) is 0 Å². The Morgan fingerprint density at radius 3 is 1.32 bits per heavy atom. The zero-order valence-electron chi connectivity index (χ0n) is 21.8. The molecule has 0 amide bonds. The molecular formula is C26H40N4O8. The molecule has 0 spiro atoms. The summed E-state index contributed by atoms with van der Waals surface area (Å²) < 4.78 is 0. The standard InChI is InChI=1S/C9H11NO2.C8H9NO2.C6H13NO2.C3H7NO2/c10-8(9(11)12)6-7-4-2-1-3-5-7;9-7(8(10)11)6-4-2-1-3-5-6;1-4(2)3-5(7)6(8)9;1-2(4)3(5)6/h1-5,8H,6,10H2,(H,11,12);1-5,7H,9H2,(H,10,11);4-5H,3,7H2,1-2H3,(H,8,9);2H,4H2,1H3,(H,5,6)/t8-;7-;5-;2-/m0000/s1. The normalized spacial score (nSPS) is 12.9. The summed E-state index contributed by atoms with van der Waals surface area (Å²) in [6.07, 6.45) is 0.936. The predicted molar refractivity (Wildman–Crippen MR) is 143 cm³/mol. The third-order valence-electron chi connectivity index (χ3n) is 4.47. The molecule has 0 aliphatic carbocycles. The van der Waals surface area contributed by atoms with Crippen molar-refractivity contribution in [2.24, 2.45) is 28.9 Å². The van der Waals surface area contributed by atoms with Gasteiger partial charge in [-0.15, -0.1) is 0 Å². The van der Waals surface area contributed by atoms with Crippen molar-refractivity contribution in [3.05, 3.63) is 71.8 Å². The third kappa shape index (κ3) is 19.4. The summed E-state index contributed by atoms with van der Waals surface area (Å²) in [5.41, 5.74) is 22.3. The zero-order chi connectivity index (χ0) is 29.8. The zero-order valence-corrected chi connectivity index (χ0v) is 21.8. The van der Waals surface area contributed by atoms with E-state index >= 15 is 0 Å². The van der Waals surface area contributed by atoms with Crippen molar-refractivity contribution in [1.82, 2.24) is 0 Å². The lowest BCUT2D eigenvalue weighted by Crippen LogP contribution is -2.32. The van der Waals surface area contributed by atoms with Crippen LogP contribution >= 0.6 is 0 Å². The minimum absolute atomic E-state index is 0.357. The second-order valence-electron chi connectivity index (χ2n) is 8.56. The van der Waals surface area contributed by atoms with E-state index in [1.807, 2.05) is 50.2 Å². The highest BCUT2D eigenvalue weighted by Crippen LogP contribution is 2.08. The molecule has 12 N–H and O–H groups in total. The molecule has 0 aliphatic heterocycles. The van der Waals surface area contributed by atoms with Crippen LogP contribution in [0, 0.1) is 5.92 Å². The summed E-state index contributed by atoms with van der Waals surface area (Å²) in [5, 5.41) is 33.2. The van der Waals surface area contributed by atoms with Crippen molar-refractivity contribution in [2.45, 2.75) is 57.8 Å². The van der Waals surface area contributed by atoms with Crippen molar-refractivity contribution in [1.29, 1.82) is 0 Å². The molecule has 0 unspecified atom stereocenters. The van der Waals surface area contributed by atoms with E-state index in [4.69, 9.17) is 43.4 Å². The van der Waals surface area contributed by atoms with E-state index in [0.29, 0.717) is 24.3 Å². The smallest absolute Gasteiger partial charge is 0.325 e. The molecule has 2 aromatic carbocycles. The quantitative estimate of drug-likeness (QED) is 0.225. The first-order chi connectivity index (χ1) is 17.6. The van der Waals surface area contributed by atoms with Gasteiger partial charge in [-0.1, -0.05) is 74.5 Å². The predicted octanol–water partition coefficient (Wildman–Crippen LogP) is 1.27. The number of nitrogens with two attached hydrogens (primary N) is 4. The van der Waals surface area contributed by atoms with Gasteiger partial charge >= 0.3 is 23.9 Å². The van der Waals surface area contributed by atoms with Crippen LogP contribution in [0.2, 0.25) is 0 Å². The number of hydrogen-bond donors (Lipinski definition) is 8. The highest BCUT2D eigenvalue weighted by atomic mass is 16.4. The molecule has 4 atom stereocenters. The van der Waals surface area contributed by atoms with E-state index in [9.17, 15) is 19.2 Å². The molecule has 12 nitrogen and oxygen atoms in total. The summed E-state index contributed by atoms with van der Waals surface area (Å²) >= 11 is 0. The number of carboxylic acid groups (broad SMARTS) is 4. The highest BCUT2D eigenvalue weighted by molar-refractivity contribution is 5.75. The Labute approximate surface area is 222 Å². The Balaban J connectivity index is 0. The van der Waals surface area contributed by atoms with E-state index in [1.54, 1.807) is 24.3 Å². The fraction of sp³-hybridized carbons (Fsp3) is 0.385. The van der Waals surface area contributed by atoms with Crippen molar-refractivity contribution < 1.29 is 39.6 Å². The molecule has 212 valence electrons. The van der Waals surface area contributed by atoms with Gasteiger partial charge in [0.2, 0.25) is 0 Å². The SMILES string of the molecule is CC(C)C[C@H](N)C(=O)O.C[C@H](N)C(=O)O.N[C@@H](Cc1ccccc1)C(=O)O.N[C@H](C(=O)O)c1ccccc1. The van der Waals surface area contributed by atoms with Crippen LogP contribution in [-0.2, 0) is 25.6 Å². The Morgan fingerprint density at radius 1 is 0.632 bits per heavy atom. The minimum Gasteiger partial charge on any atom is -0.480 e. The molecule has 2 aromatic rings. The molecule has 0 radical (unpaired) electrons. The summed E-state index contributed by atoms with van der Waals surface area (Å²) in [7, 11) is 0. The molecule has 0 aromatic heterocycles. The lowest BCUT2D eigenvalue weighted by Gasteiger charge is -2.07. The molecule has 2 rings (SSSR count). The molecule has 12 heteroatoms. The largest absolute Gasteiger partial charge is 0.480 e. The van der Waals surface area contributed by atoms with Crippen LogP contribution in [0.3, 0.4) is 0 Å². The molecule has 0 heterocycles. The lowest BCUT2D eigenvalue weighted by molar-refractivity contribution is -0.139. The van der Waals surface area contributed by atoms with Crippen LogP contribution in [0.25, 0.3) is 0 Å². The Morgan fingerprint density at radius 2 is 1.03 bits per heavy atom. The van der Waals surface area contributed by atoms with Gasteiger partial charge in [0, 0.05) is 0 Å². The van der Waals surface area contributed by atoms with Crippen molar-refractivity contribution in [2.75, 3.05) is 0 Å². The van der Waals surface area contributed by atoms with Gasteiger partial charge in [0.1, 0.15) is 24.2 Å². The number of aliphatic carboxylic acids is 4. The average Bonchev–Trinajstić information content (AvgIpc) is 2.85. The number of rotatable bonds is 9. The second-order valence-corrected chi connectivity index (χ2v) is 8.56. The maximum absolute atomic E-state index is 10.4. The number of carboxylic acids is 4. The van der Waals surface area contributed by atoms with E-state index < -0.39 is 48.0 Å². The Hall–Kier alpha value is -3.84. The van der Waals surface area contributed by atoms with Gasteiger partial charge in [-0.3, -0.25) is 19.2 Å². The first kappa shape index (κ1) is 36.3. The molecule has 0 aliphatic rings. The maximum Gasteiger partial charge on any atom is 0.325 e. The van der Waals surface area contributed by atoms with Crippen molar-refractivity contribution >= 4 is 23.9 Å². The van der Waals surface area contributed by atoms with Gasteiger partial charge < -0.3 is 43.4 Å². The third-order valence-corrected chi connectivity index (χ3v) is 4.47. The molecule has 0 bridgehead atoms. The summed E-state index contributed by atoms with van der Waals surface area (Å²) in [4.78, 5) is 40.4. The number of benzene rings is 2. The summed E-state index contributed by atoms with van der Waals surface area (Å²) in [6, 6.07) is 14.9. The van der Waals surface area contributed by atoms with Gasteiger partial charge in [0.05, 0.1) is 0 Å². The van der Waals surface area contributed by atoms with Gasteiger partial charge in [-0.2, -0.15) is 0 Å². The van der Waals surface area contributed by atoms with Crippen LogP contribution in [0.4, 0.5) is 0 Å². The Kier molecular flexibility index (Phi) is 19.3. The van der Waals surface area contributed by atoms with Gasteiger partial charge in [-0.05, 0) is 36.8 Å². The summed E-state index contributed by atoms with van der Waals surface area (Å²) in [5.74, 6) is -3.48. The van der Waals surface area contributed by atoms with Gasteiger partial charge in [0.15, 0.2) is 0 Å². The maximum atomic E-state index is 10.4. The first-order valence-corrected chi connectivity index (χ1v) is 11.6. The topological polar surface area (TPSA) is 253 Å². The van der Waals surface area contributed by atoms with E-state index in [0.717, 1.165) is 5.56 Å². The van der Waals surface area contributed by atoms with Gasteiger partial charge in [0.25, 0.3) is 0 Å². The first-order valence-electron chi connectivity index (χ1n) is 11.6. The molecule has 38 heavy (non-hydrogen) atoms. The van der Waals surface area contributed by atoms with Crippen LogP contribution in [-0.4, -0.2) is 62.4 Å². The van der Waals surface area contributed by atoms with Crippen LogP contribution in [0.1, 0.15) is 44.4 Å². The number of hydrogen-bond acceptors (Lipinski definition) is 8. The average molecular weight is 537 g/mol. The van der Waals surface area contributed by atoms with E-state index in [-0.39, 0.29) is 0 Å². The van der Waals surface area contributed by atoms with E-state index in [1.165, 1.54) is 6.92 Å². The summed E-state index contributed by atoms with van der Waals surface area (Å²) in [6.45, 7) is 5.31. The molecule has 0 saturated heterocycles. The van der Waals surface area contributed by atoms with E-state index in [2.05, 4.69) is 0 Å². The van der Waals surface area contributed by atoms with Crippen LogP contribution in [0.5, 0.6) is 0 Å². The van der Waals surface area contributed by atoms with Crippen LogP contribution in [0.15, 0.2) is 60.7 Å². The fourth-order valence-corrected chi connectivity index (χ4v) is 2.37. The molecule has 0 saturated carbocycles. The minimum atomic E-state index is -1.00. The monoisotopic (exact) mass is 536 g/mol. The fourth-order valence-electron chi connectivity index (χ4n) is 2.37. The second kappa shape index (κ2) is 20.2. The molecular weight excluding hydrogens is 496 g/mol. The lowest BCUT2D eigenvalue weighted by atomic mass is 10.1.